The zero-order valence-corrected chi connectivity index (χ0v) is 7.88. The number of alkyl halides is 1. The van der Waals surface area contributed by atoms with E-state index < -0.39 is 11.9 Å². The third kappa shape index (κ3) is 1.10. The molecular weight excluding hydrogens is 185 g/mol. The van der Waals surface area contributed by atoms with Crippen LogP contribution in [0.15, 0.2) is 23.4 Å². The molecule has 1 heterocycles. The lowest BCUT2D eigenvalue weighted by Crippen LogP contribution is -2.30. The van der Waals surface area contributed by atoms with E-state index >= 15 is 0 Å². The molecule has 0 unspecified atom stereocenters. The van der Waals surface area contributed by atoms with Gasteiger partial charge in [0.25, 0.3) is 0 Å². The number of dihydropyridines is 1. The van der Waals surface area contributed by atoms with Crippen molar-refractivity contribution in [2.24, 2.45) is 0 Å². The molecule has 14 heavy (non-hydrogen) atoms. The summed E-state index contributed by atoms with van der Waals surface area (Å²) in [7, 11) is 0. The van der Waals surface area contributed by atoms with E-state index in [0.717, 1.165) is 0 Å². The normalized spacial score (nSPS) is 35.9. The van der Waals surface area contributed by atoms with Crippen LogP contribution in [0.1, 0.15) is 19.8 Å². The van der Waals surface area contributed by atoms with Crippen molar-refractivity contribution in [3.63, 3.8) is 0 Å². The predicted molar refractivity (Wildman–Crippen MR) is 49.1 cm³/mol. The zero-order valence-electron chi connectivity index (χ0n) is 7.88. The van der Waals surface area contributed by atoms with Gasteiger partial charge < -0.3 is 10.4 Å². The van der Waals surface area contributed by atoms with Gasteiger partial charge >= 0.3 is 0 Å². The Labute approximate surface area is 81.3 Å². The maximum absolute atomic E-state index is 13.3. The average molecular weight is 197 g/mol. The largest absolute Gasteiger partial charge is 0.385 e. The Morgan fingerprint density at radius 3 is 3.14 bits per heavy atom. The SMILES string of the molecule is CC[C@@]1(O)CC(=O)C2=C1C=CN[C@@H]2F. The maximum Gasteiger partial charge on any atom is 0.199 e. The molecule has 0 aromatic carbocycles. The van der Waals surface area contributed by atoms with Crippen LogP contribution in [0.3, 0.4) is 0 Å². The van der Waals surface area contributed by atoms with Crippen molar-refractivity contribution in [1.29, 1.82) is 0 Å². The number of ketones is 1. The van der Waals surface area contributed by atoms with Gasteiger partial charge in [-0.05, 0) is 24.3 Å². The van der Waals surface area contributed by atoms with Gasteiger partial charge in [-0.2, -0.15) is 0 Å². The molecule has 2 aliphatic rings. The molecule has 0 radical (unpaired) electrons. The Morgan fingerprint density at radius 1 is 1.79 bits per heavy atom. The Kier molecular flexibility index (Phi) is 1.96. The third-order valence-electron chi connectivity index (χ3n) is 2.88. The second-order valence-corrected chi connectivity index (χ2v) is 3.67. The van der Waals surface area contributed by atoms with Crippen molar-refractivity contribution in [2.45, 2.75) is 31.7 Å². The van der Waals surface area contributed by atoms with Gasteiger partial charge in [0, 0.05) is 6.42 Å². The van der Waals surface area contributed by atoms with Crippen molar-refractivity contribution in [3.05, 3.63) is 23.4 Å². The number of hydrogen-bond donors (Lipinski definition) is 2. The minimum atomic E-state index is -1.47. The minimum Gasteiger partial charge on any atom is -0.385 e. The third-order valence-corrected chi connectivity index (χ3v) is 2.88. The summed E-state index contributed by atoms with van der Waals surface area (Å²) < 4.78 is 13.3. The van der Waals surface area contributed by atoms with Crippen LogP contribution in [-0.4, -0.2) is 22.8 Å². The standard InChI is InChI=1S/C10H12FNO2/c1-2-10(14)5-7(13)8-6(10)3-4-12-9(8)11/h3-4,9,12,14H,2,5H2,1H3/t9-,10+/m0/s1. The fourth-order valence-corrected chi connectivity index (χ4v) is 1.99. The molecule has 0 amide bonds. The molecule has 3 nitrogen and oxygen atoms in total. The van der Waals surface area contributed by atoms with Crippen LogP contribution in [0.4, 0.5) is 4.39 Å². The topological polar surface area (TPSA) is 49.3 Å². The number of hydrogen-bond acceptors (Lipinski definition) is 3. The van der Waals surface area contributed by atoms with Crippen LogP contribution < -0.4 is 5.32 Å². The molecule has 0 fully saturated rings. The highest BCUT2D eigenvalue weighted by Gasteiger charge is 2.45. The highest BCUT2D eigenvalue weighted by molar-refractivity contribution is 6.02. The summed E-state index contributed by atoms with van der Waals surface area (Å²) >= 11 is 0. The summed E-state index contributed by atoms with van der Waals surface area (Å²) in [6, 6.07) is 0. The first kappa shape index (κ1) is 9.40. The first-order chi connectivity index (χ1) is 6.58. The van der Waals surface area contributed by atoms with Crippen molar-refractivity contribution in [1.82, 2.24) is 5.32 Å². The van der Waals surface area contributed by atoms with E-state index in [2.05, 4.69) is 5.32 Å². The predicted octanol–water partition coefficient (Wildman–Crippen LogP) is 0.809. The number of nitrogens with one attached hydrogen (secondary N) is 1. The van der Waals surface area contributed by atoms with E-state index in [-0.39, 0.29) is 17.8 Å². The van der Waals surface area contributed by atoms with Crippen molar-refractivity contribution in [2.75, 3.05) is 0 Å². The monoisotopic (exact) mass is 197 g/mol. The van der Waals surface area contributed by atoms with Crippen LogP contribution in [0, 0.1) is 0 Å². The summed E-state index contributed by atoms with van der Waals surface area (Å²) in [6.07, 6.45) is 1.97. The molecule has 0 saturated carbocycles. The van der Waals surface area contributed by atoms with Gasteiger partial charge in [-0.15, -0.1) is 0 Å². The smallest absolute Gasteiger partial charge is 0.199 e. The van der Waals surface area contributed by atoms with E-state index in [1.807, 2.05) is 0 Å². The second kappa shape index (κ2) is 2.92. The van der Waals surface area contributed by atoms with Crippen LogP contribution in [0.2, 0.25) is 0 Å². The van der Waals surface area contributed by atoms with E-state index in [0.29, 0.717) is 12.0 Å². The van der Waals surface area contributed by atoms with E-state index in [4.69, 9.17) is 0 Å². The van der Waals surface area contributed by atoms with E-state index in [1.165, 1.54) is 6.20 Å². The summed E-state index contributed by atoms with van der Waals surface area (Å²) in [5, 5.41) is 12.5. The molecule has 0 aromatic heterocycles. The summed E-state index contributed by atoms with van der Waals surface area (Å²) in [5.41, 5.74) is -0.622. The molecule has 2 N–H and O–H groups in total. The van der Waals surface area contributed by atoms with Crippen molar-refractivity contribution >= 4 is 5.78 Å². The first-order valence-electron chi connectivity index (χ1n) is 4.65. The van der Waals surface area contributed by atoms with Gasteiger partial charge in [0.05, 0.1) is 11.2 Å². The highest BCUT2D eigenvalue weighted by atomic mass is 19.1. The van der Waals surface area contributed by atoms with Crippen LogP contribution >= 0.6 is 0 Å². The highest BCUT2D eigenvalue weighted by Crippen LogP contribution is 2.39. The minimum absolute atomic E-state index is 0.000602. The van der Waals surface area contributed by atoms with Gasteiger partial charge in [0.1, 0.15) is 0 Å². The molecule has 2 atom stereocenters. The fraction of sp³-hybridized carbons (Fsp3) is 0.500. The van der Waals surface area contributed by atoms with Gasteiger partial charge in [0.2, 0.25) is 0 Å². The lowest BCUT2D eigenvalue weighted by Gasteiger charge is -2.24. The molecular formula is C10H12FNO2. The maximum atomic E-state index is 13.3. The number of aliphatic hydroxyl groups is 1. The Morgan fingerprint density at radius 2 is 2.50 bits per heavy atom. The molecule has 0 bridgehead atoms. The molecule has 76 valence electrons. The molecule has 0 saturated heterocycles. The van der Waals surface area contributed by atoms with E-state index in [9.17, 15) is 14.3 Å². The molecule has 4 heteroatoms. The van der Waals surface area contributed by atoms with Gasteiger partial charge in [0.15, 0.2) is 12.1 Å². The van der Waals surface area contributed by atoms with Crippen molar-refractivity contribution in [3.8, 4) is 0 Å². The molecule has 0 spiro atoms. The number of rotatable bonds is 1. The first-order valence-corrected chi connectivity index (χ1v) is 4.65. The van der Waals surface area contributed by atoms with E-state index in [1.54, 1.807) is 13.0 Å². The van der Waals surface area contributed by atoms with Gasteiger partial charge in [-0.1, -0.05) is 6.92 Å². The average Bonchev–Trinajstić information content (AvgIpc) is 2.41. The zero-order chi connectivity index (χ0) is 10.3. The van der Waals surface area contributed by atoms with Crippen molar-refractivity contribution < 1.29 is 14.3 Å². The number of halogens is 1. The van der Waals surface area contributed by atoms with Crippen LogP contribution in [-0.2, 0) is 4.79 Å². The lowest BCUT2D eigenvalue weighted by molar-refractivity contribution is -0.117. The molecule has 1 aliphatic heterocycles. The van der Waals surface area contributed by atoms with Crippen LogP contribution in [0.25, 0.3) is 0 Å². The quantitative estimate of drug-likeness (QED) is 0.611. The summed E-state index contributed by atoms with van der Waals surface area (Å²) in [4.78, 5) is 11.5. The Balaban J connectivity index is 2.49. The number of carbonyl (C=O) groups excluding carboxylic acids is 1. The van der Waals surface area contributed by atoms with Crippen LogP contribution in [0.5, 0.6) is 0 Å². The second-order valence-electron chi connectivity index (χ2n) is 3.67. The lowest BCUT2D eigenvalue weighted by atomic mass is 9.91. The number of Topliss-reactive ketones (excluding diaryl/α,β-unsaturated/α-hetero) is 1. The molecule has 1 aliphatic carbocycles. The molecule has 2 rings (SSSR count). The Hall–Kier alpha value is -1.16. The summed E-state index contributed by atoms with van der Waals surface area (Å²) in [6.45, 7) is 1.78. The fourth-order valence-electron chi connectivity index (χ4n) is 1.99. The molecule has 0 aromatic rings. The number of carbonyl (C=O) groups is 1. The van der Waals surface area contributed by atoms with Gasteiger partial charge in [-0.25, -0.2) is 4.39 Å². The van der Waals surface area contributed by atoms with Gasteiger partial charge in [-0.3, -0.25) is 4.79 Å². The summed E-state index contributed by atoms with van der Waals surface area (Å²) in [5.74, 6) is -0.297. The Bertz CT molecular complexity index is 348.